The molecule has 0 bridgehead atoms. The van der Waals surface area contributed by atoms with Crippen molar-refractivity contribution >= 4 is 29.5 Å². The Balaban J connectivity index is 2.18. The van der Waals surface area contributed by atoms with E-state index in [0.29, 0.717) is 11.3 Å². The second kappa shape index (κ2) is 4.62. The van der Waals surface area contributed by atoms with Gasteiger partial charge in [0, 0.05) is 5.75 Å². The Hall–Kier alpha value is -1.54. The van der Waals surface area contributed by atoms with E-state index >= 15 is 0 Å². The fraction of sp³-hybridized carbons (Fsp3) is 0.500. The quantitative estimate of drug-likeness (QED) is 0.550. The molecule has 18 heavy (non-hydrogen) atoms. The molecule has 2 atom stereocenters. The van der Waals surface area contributed by atoms with Gasteiger partial charge in [-0.2, -0.15) is 0 Å². The van der Waals surface area contributed by atoms with Crippen LogP contribution in [0.25, 0.3) is 0 Å². The molecule has 0 aliphatic carbocycles. The average Bonchev–Trinajstić information content (AvgIpc) is 2.34. The Morgan fingerprint density at radius 1 is 1.61 bits per heavy atom. The molecule has 0 saturated carbocycles. The van der Waals surface area contributed by atoms with Crippen LogP contribution in [-0.4, -0.2) is 51.5 Å². The summed E-state index contributed by atoms with van der Waals surface area (Å²) in [5, 5.41) is 11.2. The largest absolute Gasteiger partial charge is 0.477 e. The number of nitrogens with zero attached hydrogens (tertiary/aromatic N) is 1. The van der Waals surface area contributed by atoms with Crippen LogP contribution in [0.5, 0.6) is 0 Å². The van der Waals surface area contributed by atoms with E-state index < -0.39 is 23.8 Å². The molecule has 1 fully saturated rings. The average molecular weight is 271 g/mol. The number of rotatable bonds is 3. The van der Waals surface area contributed by atoms with Crippen molar-refractivity contribution < 1.29 is 19.5 Å². The molecule has 2 amide bonds. The Labute approximate surface area is 107 Å². The summed E-state index contributed by atoms with van der Waals surface area (Å²) in [6.07, 6.45) is 0. The van der Waals surface area contributed by atoms with Crippen LogP contribution in [0, 0.1) is 0 Å². The van der Waals surface area contributed by atoms with Crippen molar-refractivity contribution in [1.82, 2.24) is 10.2 Å². The number of hydrogen-bond acceptors (Lipinski definition) is 5. The summed E-state index contributed by atoms with van der Waals surface area (Å²) in [5.74, 6) is -1.40. The number of carboxylic acid groups (broad SMARTS) is 1. The highest BCUT2D eigenvalue weighted by Gasteiger charge is 2.53. The summed E-state index contributed by atoms with van der Waals surface area (Å²) in [4.78, 5) is 35.4. The molecule has 4 N–H and O–H groups in total. The van der Waals surface area contributed by atoms with Crippen molar-refractivity contribution in [3.63, 3.8) is 0 Å². The van der Waals surface area contributed by atoms with Crippen LogP contribution in [0.4, 0.5) is 0 Å². The number of amides is 2. The molecule has 2 aliphatic heterocycles. The second-order valence-electron chi connectivity index (χ2n) is 4.09. The first-order chi connectivity index (χ1) is 8.47. The summed E-state index contributed by atoms with van der Waals surface area (Å²) in [6.45, 7) is 1.49. The third-order valence-corrected chi connectivity index (χ3v) is 4.29. The maximum absolute atomic E-state index is 11.9. The Bertz CT molecular complexity index is 462. The molecule has 1 saturated heterocycles. The molecule has 0 aromatic carbocycles. The zero-order valence-electron chi connectivity index (χ0n) is 9.67. The number of nitrogens with two attached hydrogens (primary N) is 1. The first-order valence-electron chi connectivity index (χ1n) is 5.34. The predicted molar refractivity (Wildman–Crippen MR) is 64.4 cm³/mol. The second-order valence-corrected chi connectivity index (χ2v) is 5.20. The number of nitrogens with one attached hydrogen (secondary N) is 1. The van der Waals surface area contributed by atoms with Gasteiger partial charge in [-0.1, -0.05) is 0 Å². The van der Waals surface area contributed by atoms with Gasteiger partial charge in [-0.3, -0.25) is 14.5 Å². The molecule has 2 aliphatic rings. The van der Waals surface area contributed by atoms with E-state index in [2.05, 4.69) is 5.32 Å². The number of β-lactam (4-membered cyclic amide) rings is 1. The molecule has 0 aromatic rings. The van der Waals surface area contributed by atoms with Crippen LogP contribution in [-0.2, 0) is 14.4 Å². The maximum Gasteiger partial charge on any atom is 0.352 e. The smallest absolute Gasteiger partial charge is 0.352 e. The van der Waals surface area contributed by atoms with Crippen LogP contribution in [0.15, 0.2) is 11.3 Å². The van der Waals surface area contributed by atoms with Crippen LogP contribution in [0.2, 0.25) is 0 Å². The number of fused-ring (bicyclic) bond motifs is 1. The molecule has 8 heteroatoms. The highest BCUT2D eigenvalue weighted by atomic mass is 32.2. The highest BCUT2D eigenvalue weighted by molar-refractivity contribution is 8.00. The first kappa shape index (κ1) is 12.9. The Kier molecular flexibility index (Phi) is 3.31. The van der Waals surface area contributed by atoms with Gasteiger partial charge in [-0.15, -0.1) is 11.8 Å². The van der Waals surface area contributed by atoms with Crippen molar-refractivity contribution in [2.24, 2.45) is 5.73 Å². The lowest BCUT2D eigenvalue weighted by atomic mass is 10.0. The van der Waals surface area contributed by atoms with Gasteiger partial charge in [0.1, 0.15) is 17.1 Å². The Morgan fingerprint density at radius 2 is 2.28 bits per heavy atom. The number of carbonyl (C=O) groups is 3. The normalized spacial score (nSPS) is 26.6. The van der Waals surface area contributed by atoms with Gasteiger partial charge >= 0.3 is 5.97 Å². The van der Waals surface area contributed by atoms with Gasteiger partial charge in [-0.25, -0.2) is 4.79 Å². The summed E-state index contributed by atoms with van der Waals surface area (Å²) >= 11 is 1.43. The first-order valence-corrected chi connectivity index (χ1v) is 6.39. The van der Waals surface area contributed by atoms with Gasteiger partial charge in [0.15, 0.2) is 0 Å². The number of aliphatic carboxylic acids is 1. The van der Waals surface area contributed by atoms with E-state index in [4.69, 9.17) is 10.8 Å². The molecule has 2 rings (SSSR count). The molecule has 7 nitrogen and oxygen atoms in total. The fourth-order valence-corrected chi connectivity index (χ4v) is 3.30. The summed E-state index contributed by atoms with van der Waals surface area (Å²) < 4.78 is 0. The number of carboxylic acids is 1. The monoisotopic (exact) mass is 271 g/mol. The van der Waals surface area contributed by atoms with Crippen LogP contribution >= 0.6 is 11.8 Å². The maximum atomic E-state index is 11.9. The van der Waals surface area contributed by atoms with Crippen LogP contribution in [0.1, 0.15) is 6.92 Å². The van der Waals surface area contributed by atoms with E-state index in [1.165, 1.54) is 16.7 Å². The van der Waals surface area contributed by atoms with E-state index in [1.54, 1.807) is 6.92 Å². The minimum Gasteiger partial charge on any atom is -0.477 e. The van der Waals surface area contributed by atoms with Gasteiger partial charge in [-0.05, 0) is 12.5 Å². The van der Waals surface area contributed by atoms with E-state index in [0.717, 1.165) is 0 Å². The predicted octanol–water partition coefficient (Wildman–Crippen LogP) is -1.30. The summed E-state index contributed by atoms with van der Waals surface area (Å²) in [5.41, 5.74) is 5.85. The van der Waals surface area contributed by atoms with Crippen LogP contribution in [0.3, 0.4) is 0 Å². The van der Waals surface area contributed by atoms with Crippen molar-refractivity contribution in [3.05, 3.63) is 11.3 Å². The summed E-state index contributed by atoms with van der Waals surface area (Å²) in [7, 11) is 0. The lowest BCUT2D eigenvalue weighted by Crippen LogP contribution is -2.70. The highest BCUT2D eigenvalue weighted by Crippen LogP contribution is 2.39. The lowest BCUT2D eigenvalue weighted by Gasteiger charge is -2.49. The minimum absolute atomic E-state index is 0.0296. The zero-order valence-corrected chi connectivity index (χ0v) is 10.5. The molecule has 0 spiro atoms. The number of hydrogen-bond donors (Lipinski definition) is 3. The van der Waals surface area contributed by atoms with E-state index in [-0.39, 0.29) is 17.6 Å². The molecule has 0 radical (unpaired) electrons. The van der Waals surface area contributed by atoms with E-state index in [9.17, 15) is 14.4 Å². The molecular weight excluding hydrogens is 258 g/mol. The lowest BCUT2D eigenvalue weighted by molar-refractivity contribution is -0.150. The van der Waals surface area contributed by atoms with Crippen molar-refractivity contribution in [2.45, 2.75) is 18.3 Å². The number of thioether (sulfide) groups is 1. The molecule has 0 aromatic heterocycles. The third kappa shape index (κ3) is 1.87. The molecule has 98 valence electrons. The SMILES string of the molecule is CC1=C(C(=O)O)N2C(=O)C(NC(=O)CN)[C@@H]2SC1. The van der Waals surface area contributed by atoms with Crippen molar-refractivity contribution in [3.8, 4) is 0 Å². The van der Waals surface area contributed by atoms with Crippen LogP contribution < -0.4 is 11.1 Å². The number of carbonyl (C=O) groups excluding carboxylic acids is 2. The van der Waals surface area contributed by atoms with Gasteiger partial charge in [0.25, 0.3) is 5.91 Å². The zero-order chi connectivity index (χ0) is 13.4. The molecule has 2 heterocycles. The Morgan fingerprint density at radius 3 is 2.83 bits per heavy atom. The van der Waals surface area contributed by atoms with E-state index in [1.807, 2.05) is 0 Å². The molecular formula is C10H13N3O4S. The van der Waals surface area contributed by atoms with Gasteiger partial charge < -0.3 is 16.2 Å². The standard InChI is InChI=1S/C10H13N3O4S/c1-4-3-18-9-6(12-5(14)2-11)8(15)13(9)7(4)10(16)17/h6,9H,2-3,11H2,1H3,(H,12,14)(H,16,17)/t6?,9-/m0/s1. The molecule has 1 unspecified atom stereocenters. The van der Waals surface area contributed by atoms with Gasteiger partial charge in [0.05, 0.1) is 6.54 Å². The third-order valence-electron chi connectivity index (χ3n) is 2.86. The topological polar surface area (TPSA) is 113 Å². The minimum atomic E-state index is -1.12. The van der Waals surface area contributed by atoms with Crippen molar-refractivity contribution in [2.75, 3.05) is 12.3 Å². The fourth-order valence-electron chi connectivity index (χ4n) is 2.01. The summed E-state index contributed by atoms with van der Waals surface area (Å²) in [6, 6.07) is -0.673. The van der Waals surface area contributed by atoms with Gasteiger partial charge in [0.2, 0.25) is 5.91 Å². The van der Waals surface area contributed by atoms with Crippen molar-refractivity contribution in [1.29, 1.82) is 0 Å².